The summed E-state index contributed by atoms with van der Waals surface area (Å²) in [7, 11) is 1.72. The largest absolute Gasteiger partial charge is 0.496 e. The van der Waals surface area contributed by atoms with Crippen LogP contribution in [0.4, 0.5) is 0 Å². The van der Waals surface area contributed by atoms with E-state index in [2.05, 4.69) is 37.3 Å². The maximum Gasteiger partial charge on any atom is 0.122 e. The summed E-state index contributed by atoms with van der Waals surface area (Å²) in [5, 5.41) is 2.54. The molecular formula is C14H15O. The first-order chi connectivity index (χ1) is 7.36. The molecule has 2 aromatic carbocycles. The molecule has 2 aromatic rings. The number of benzene rings is 2. The molecule has 0 fully saturated rings. The lowest BCUT2D eigenvalue weighted by Gasteiger charge is -2.10. The Morgan fingerprint density at radius 1 is 1.13 bits per heavy atom. The zero-order chi connectivity index (χ0) is 10.7. The van der Waals surface area contributed by atoms with Crippen molar-refractivity contribution in [1.29, 1.82) is 0 Å². The molecule has 2 rings (SSSR count). The van der Waals surface area contributed by atoms with Crippen molar-refractivity contribution in [2.75, 3.05) is 7.11 Å². The van der Waals surface area contributed by atoms with E-state index in [1.807, 2.05) is 6.07 Å². The van der Waals surface area contributed by atoms with Gasteiger partial charge in [0.1, 0.15) is 5.75 Å². The van der Waals surface area contributed by atoms with Crippen LogP contribution >= 0.6 is 0 Å². The molecule has 0 heterocycles. The second-order valence-corrected chi connectivity index (χ2v) is 3.57. The van der Waals surface area contributed by atoms with Crippen LogP contribution in [-0.4, -0.2) is 7.11 Å². The first-order valence-electron chi connectivity index (χ1n) is 5.20. The smallest absolute Gasteiger partial charge is 0.122 e. The number of methoxy groups -OCH3 is 1. The van der Waals surface area contributed by atoms with E-state index < -0.39 is 0 Å². The SMILES string of the molecule is [CH2]CCc1c(OC)ccc2ccccc12. The van der Waals surface area contributed by atoms with Gasteiger partial charge < -0.3 is 4.74 Å². The number of hydrogen-bond donors (Lipinski definition) is 0. The van der Waals surface area contributed by atoms with E-state index in [4.69, 9.17) is 4.74 Å². The molecule has 0 aliphatic heterocycles. The number of rotatable bonds is 3. The Morgan fingerprint density at radius 2 is 1.93 bits per heavy atom. The Bertz CT molecular complexity index is 460. The van der Waals surface area contributed by atoms with Gasteiger partial charge in [0.05, 0.1) is 7.11 Å². The van der Waals surface area contributed by atoms with Crippen LogP contribution in [0.5, 0.6) is 5.75 Å². The molecule has 0 spiro atoms. The molecule has 0 N–H and O–H groups in total. The number of ether oxygens (including phenoxy) is 1. The van der Waals surface area contributed by atoms with Crippen molar-refractivity contribution in [2.45, 2.75) is 12.8 Å². The fraction of sp³-hybridized carbons (Fsp3) is 0.214. The van der Waals surface area contributed by atoms with Gasteiger partial charge in [-0.3, -0.25) is 0 Å². The van der Waals surface area contributed by atoms with Crippen molar-refractivity contribution in [1.82, 2.24) is 0 Å². The summed E-state index contributed by atoms with van der Waals surface area (Å²) in [4.78, 5) is 0. The minimum atomic E-state index is 0.893. The summed E-state index contributed by atoms with van der Waals surface area (Å²) >= 11 is 0. The molecule has 0 amide bonds. The molecule has 0 aliphatic carbocycles. The van der Waals surface area contributed by atoms with Gasteiger partial charge in [0.2, 0.25) is 0 Å². The molecule has 0 atom stereocenters. The molecule has 15 heavy (non-hydrogen) atoms. The summed E-state index contributed by atoms with van der Waals surface area (Å²) in [6, 6.07) is 12.5. The van der Waals surface area contributed by atoms with Crippen molar-refractivity contribution in [2.24, 2.45) is 0 Å². The average Bonchev–Trinajstić information content (AvgIpc) is 2.30. The lowest BCUT2D eigenvalue weighted by atomic mass is 10.00. The third-order valence-corrected chi connectivity index (χ3v) is 2.64. The molecule has 0 saturated heterocycles. The highest BCUT2D eigenvalue weighted by atomic mass is 16.5. The van der Waals surface area contributed by atoms with Gasteiger partial charge in [-0.2, -0.15) is 0 Å². The van der Waals surface area contributed by atoms with E-state index in [1.165, 1.54) is 16.3 Å². The van der Waals surface area contributed by atoms with Crippen molar-refractivity contribution < 1.29 is 4.74 Å². The quantitative estimate of drug-likeness (QED) is 0.733. The molecular weight excluding hydrogens is 184 g/mol. The Balaban J connectivity index is 2.67. The molecule has 1 radical (unpaired) electrons. The molecule has 0 aliphatic rings. The molecule has 1 nitrogen and oxygen atoms in total. The summed E-state index contributed by atoms with van der Waals surface area (Å²) in [6.45, 7) is 3.91. The van der Waals surface area contributed by atoms with Crippen LogP contribution in [0.1, 0.15) is 12.0 Å². The van der Waals surface area contributed by atoms with E-state index >= 15 is 0 Å². The summed E-state index contributed by atoms with van der Waals surface area (Å²) in [5.41, 5.74) is 1.27. The first-order valence-corrected chi connectivity index (χ1v) is 5.20. The fourth-order valence-corrected chi connectivity index (χ4v) is 1.94. The van der Waals surface area contributed by atoms with Gasteiger partial charge in [0.15, 0.2) is 0 Å². The van der Waals surface area contributed by atoms with Gasteiger partial charge in [-0.15, -0.1) is 0 Å². The normalized spacial score (nSPS) is 10.5. The van der Waals surface area contributed by atoms with Crippen LogP contribution in [-0.2, 0) is 6.42 Å². The second-order valence-electron chi connectivity index (χ2n) is 3.57. The molecule has 0 aromatic heterocycles. The highest BCUT2D eigenvalue weighted by molar-refractivity contribution is 5.87. The maximum absolute atomic E-state index is 5.38. The molecule has 77 valence electrons. The molecule has 0 saturated carbocycles. The van der Waals surface area contributed by atoms with Crippen molar-refractivity contribution >= 4 is 10.8 Å². The van der Waals surface area contributed by atoms with Crippen LogP contribution in [0.15, 0.2) is 36.4 Å². The van der Waals surface area contributed by atoms with E-state index in [9.17, 15) is 0 Å². The van der Waals surface area contributed by atoms with E-state index in [0.717, 1.165) is 18.6 Å². The summed E-state index contributed by atoms with van der Waals surface area (Å²) < 4.78 is 5.38. The van der Waals surface area contributed by atoms with Crippen LogP contribution in [0.2, 0.25) is 0 Å². The van der Waals surface area contributed by atoms with Gasteiger partial charge in [-0.05, 0) is 29.7 Å². The number of hydrogen-bond acceptors (Lipinski definition) is 1. The Kier molecular flexibility index (Phi) is 2.91. The van der Waals surface area contributed by atoms with E-state index in [0.29, 0.717) is 0 Å². The Morgan fingerprint density at radius 3 is 2.67 bits per heavy atom. The van der Waals surface area contributed by atoms with Crippen molar-refractivity contribution in [3.63, 3.8) is 0 Å². The van der Waals surface area contributed by atoms with Gasteiger partial charge in [0.25, 0.3) is 0 Å². The van der Waals surface area contributed by atoms with Crippen LogP contribution in [0.3, 0.4) is 0 Å². The second kappa shape index (κ2) is 4.35. The number of fused-ring (bicyclic) bond motifs is 1. The van der Waals surface area contributed by atoms with Gasteiger partial charge >= 0.3 is 0 Å². The minimum Gasteiger partial charge on any atom is -0.496 e. The zero-order valence-electron chi connectivity index (χ0n) is 8.99. The summed E-state index contributed by atoms with van der Waals surface area (Å²) in [5.74, 6) is 0.970. The van der Waals surface area contributed by atoms with E-state index in [-0.39, 0.29) is 0 Å². The Labute approximate surface area is 90.7 Å². The summed E-state index contributed by atoms with van der Waals surface area (Å²) in [6.07, 6.45) is 1.86. The highest BCUT2D eigenvalue weighted by Gasteiger charge is 2.06. The minimum absolute atomic E-state index is 0.893. The van der Waals surface area contributed by atoms with Gasteiger partial charge in [-0.25, -0.2) is 0 Å². The van der Waals surface area contributed by atoms with Crippen molar-refractivity contribution in [3.8, 4) is 5.75 Å². The topological polar surface area (TPSA) is 9.23 Å². The predicted molar refractivity (Wildman–Crippen MR) is 64.2 cm³/mol. The monoisotopic (exact) mass is 199 g/mol. The average molecular weight is 199 g/mol. The zero-order valence-corrected chi connectivity index (χ0v) is 8.99. The first kappa shape index (κ1) is 10.0. The van der Waals surface area contributed by atoms with Crippen LogP contribution in [0, 0.1) is 6.92 Å². The third kappa shape index (κ3) is 1.82. The third-order valence-electron chi connectivity index (χ3n) is 2.64. The fourth-order valence-electron chi connectivity index (χ4n) is 1.94. The highest BCUT2D eigenvalue weighted by Crippen LogP contribution is 2.28. The standard InChI is InChI=1S/C14H15O/c1-3-6-13-12-8-5-4-7-11(12)9-10-14(13)15-2/h4-5,7-10H,1,3,6H2,2H3. The predicted octanol–water partition coefficient (Wildman–Crippen LogP) is 3.62. The molecule has 1 heteroatoms. The lowest BCUT2D eigenvalue weighted by molar-refractivity contribution is 0.410. The van der Waals surface area contributed by atoms with Crippen LogP contribution < -0.4 is 4.74 Å². The molecule has 0 bridgehead atoms. The van der Waals surface area contributed by atoms with E-state index in [1.54, 1.807) is 7.11 Å². The van der Waals surface area contributed by atoms with Crippen LogP contribution in [0.25, 0.3) is 10.8 Å². The Hall–Kier alpha value is -1.50. The van der Waals surface area contributed by atoms with Gasteiger partial charge in [-0.1, -0.05) is 37.3 Å². The van der Waals surface area contributed by atoms with Crippen molar-refractivity contribution in [3.05, 3.63) is 48.9 Å². The lowest BCUT2D eigenvalue weighted by Crippen LogP contribution is -1.93. The number of aryl methyl sites for hydroxylation is 1. The maximum atomic E-state index is 5.38. The molecule has 0 unspecified atom stereocenters. The van der Waals surface area contributed by atoms with Gasteiger partial charge in [0, 0.05) is 5.56 Å².